The standard InChI is InChI=1S/C30H35BrClNO4/c1-16-6-9-21-27(2,3)25(34)20(32)15-30(21)28(16,4)14-17-7-8-19-22(23(17)37-30)24(33-26(19)35)29(36-5)12-10-18(31)11-13-29/h7-8,10-12,16,20-21,24H,6,9,13-15H2,1-5H3,(H,33,35)/t16-,20+,21-,24+,28+,29?,30-/m0/s1. The molecule has 0 saturated heterocycles. The number of ether oxygens (including phenoxy) is 2. The summed E-state index contributed by atoms with van der Waals surface area (Å²) in [6, 6.07) is 3.61. The van der Waals surface area contributed by atoms with Gasteiger partial charge in [-0.3, -0.25) is 9.59 Å². The van der Waals surface area contributed by atoms with E-state index >= 15 is 0 Å². The minimum atomic E-state index is -0.731. The van der Waals surface area contributed by atoms with Gasteiger partial charge in [-0.05, 0) is 49.0 Å². The number of allylic oxidation sites excluding steroid dienone is 2. The smallest absolute Gasteiger partial charge is 0.252 e. The Hall–Kier alpha value is -1.63. The second-order valence-corrected chi connectivity index (χ2v) is 14.0. The summed E-state index contributed by atoms with van der Waals surface area (Å²) in [5, 5.41) is 2.62. The van der Waals surface area contributed by atoms with Crippen LogP contribution in [-0.4, -0.2) is 35.4 Å². The number of Topliss-reactive ketones (excluding diaryl/α,β-unsaturated/α-hetero) is 1. The van der Waals surface area contributed by atoms with Crippen LogP contribution in [0.5, 0.6) is 5.75 Å². The van der Waals surface area contributed by atoms with E-state index in [9.17, 15) is 9.59 Å². The van der Waals surface area contributed by atoms with Gasteiger partial charge in [-0.15, -0.1) is 11.6 Å². The van der Waals surface area contributed by atoms with E-state index in [-0.39, 0.29) is 23.0 Å². The van der Waals surface area contributed by atoms with Gasteiger partial charge in [-0.25, -0.2) is 0 Å². The van der Waals surface area contributed by atoms with Gasteiger partial charge in [-0.2, -0.15) is 0 Å². The van der Waals surface area contributed by atoms with Gasteiger partial charge in [0.05, 0.1) is 11.4 Å². The van der Waals surface area contributed by atoms with Crippen molar-refractivity contribution >= 4 is 39.2 Å². The maximum Gasteiger partial charge on any atom is 0.252 e. The maximum atomic E-state index is 13.3. The lowest BCUT2D eigenvalue weighted by Crippen LogP contribution is -2.71. The van der Waals surface area contributed by atoms with Crippen molar-refractivity contribution in [2.45, 2.75) is 82.4 Å². The van der Waals surface area contributed by atoms with Gasteiger partial charge < -0.3 is 14.8 Å². The van der Waals surface area contributed by atoms with Crippen LogP contribution < -0.4 is 10.1 Å². The molecule has 0 aromatic heterocycles. The molecule has 37 heavy (non-hydrogen) atoms. The van der Waals surface area contributed by atoms with Gasteiger partial charge in [0.2, 0.25) is 0 Å². The van der Waals surface area contributed by atoms with Crippen LogP contribution in [0, 0.1) is 22.7 Å². The molecular formula is C30H35BrClNO4. The molecule has 1 aromatic carbocycles. The van der Waals surface area contributed by atoms with E-state index < -0.39 is 28.0 Å². The highest BCUT2D eigenvalue weighted by atomic mass is 79.9. The fraction of sp³-hybridized carbons (Fsp3) is 0.600. The minimum absolute atomic E-state index is 0.0427. The molecule has 198 valence electrons. The molecule has 1 N–H and O–H groups in total. The highest BCUT2D eigenvalue weighted by molar-refractivity contribution is 9.11. The molecule has 1 unspecified atom stereocenters. The molecule has 5 nitrogen and oxygen atoms in total. The van der Waals surface area contributed by atoms with Crippen LogP contribution in [0.25, 0.3) is 0 Å². The van der Waals surface area contributed by atoms with Crippen molar-refractivity contribution in [3.8, 4) is 5.75 Å². The Labute approximate surface area is 232 Å². The zero-order chi connectivity index (χ0) is 26.5. The number of benzene rings is 1. The molecule has 0 bridgehead atoms. The molecule has 3 aliphatic carbocycles. The number of methoxy groups -OCH3 is 1. The second kappa shape index (κ2) is 8.19. The Bertz CT molecular complexity index is 1270. The number of alkyl halides is 1. The van der Waals surface area contributed by atoms with Crippen molar-refractivity contribution in [2.24, 2.45) is 22.7 Å². The van der Waals surface area contributed by atoms with Crippen molar-refractivity contribution in [2.75, 3.05) is 7.11 Å². The summed E-state index contributed by atoms with van der Waals surface area (Å²) in [5.41, 5.74) is 0.510. The van der Waals surface area contributed by atoms with Crippen molar-refractivity contribution in [3.05, 3.63) is 51.5 Å². The number of hydrogen-bond acceptors (Lipinski definition) is 4. The topological polar surface area (TPSA) is 64.6 Å². The first kappa shape index (κ1) is 25.6. The lowest BCUT2D eigenvalue weighted by molar-refractivity contribution is -0.208. The van der Waals surface area contributed by atoms with Crippen LogP contribution in [-0.2, 0) is 16.0 Å². The van der Waals surface area contributed by atoms with Crippen molar-refractivity contribution < 1.29 is 19.1 Å². The monoisotopic (exact) mass is 587 g/mol. The first-order chi connectivity index (χ1) is 17.4. The number of amides is 1. The first-order valence-corrected chi connectivity index (χ1v) is 14.6. The van der Waals surface area contributed by atoms with E-state index in [0.29, 0.717) is 24.3 Å². The normalized spacial score (nSPS) is 41.5. The van der Waals surface area contributed by atoms with Crippen molar-refractivity contribution in [1.82, 2.24) is 5.32 Å². The predicted molar refractivity (Wildman–Crippen MR) is 147 cm³/mol. The highest BCUT2D eigenvalue weighted by Crippen LogP contribution is 2.66. The number of carbonyl (C=O) groups excluding carboxylic acids is 2. The largest absolute Gasteiger partial charge is 0.486 e. The molecular weight excluding hydrogens is 554 g/mol. The number of halogens is 2. The molecule has 2 saturated carbocycles. The molecule has 1 aromatic rings. The van der Waals surface area contributed by atoms with Gasteiger partial charge in [-0.1, -0.05) is 55.8 Å². The zero-order valence-electron chi connectivity index (χ0n) is 22.1. The predicted octanol–water partition coefficient (Wildman–Crippen LogP) is 6.43. The highest BCUT2D eigenvalue weighted by Gasteiger charge is 2.69. The van der Waals surface area contributed by atoms with Gasteiger partial charge in [0.15, 0.2) is 5.78 Å². The number of carbonyl (C=O) groups is 2. The Balaban J connectivity index is 1.55. The lowest BCUT2D eigenvalue weighted by Gasteiger charge is -2.66. The summed E-state index contributed by atoms with van der Waals surface area (Å²) in [6.45, 7) is 8.74. The number of hydrogen-bond donors (Lipinski definition) is 1. The molecule has 7 atom stereocenters. The molecule has 5 aliphatic rings. The average molecular weight is 589 g/mol. The molecule has 1 spiro atoms. The van der Waals surface area contributed by atoms with E-state index in [1.807, 2.05) is 32.1 Å². The Kier molecular flexibility index (Phi) is 5.67. The third kappa shape index (κ3) is 3.24. The van der Waals surface area contributed by atoms with Crippen molar-refractivity contribution in [1.29, 1.82) is 0 Å². The first-order valence-electron chi connectivity index (χ1n) is 13.3. The Morgan fingerprint density at radius 3 is 2.62 bits per heavy atom. The number of fused-ring (bicyclic) bond motifs is 3. The third-order valence-electron chi connectivity index (χ3n) is 10.7. The summed E-state index contributed by atoms with van der Waals surface area (Å²) in [4.78, 5) is 26.6. The summed E-state index contributed by atoms with van der Waals surface area (Å²) < 4.78 is 14.5. The van der Waals surface area contributed by atoms with E-state index in [0.717, 1.165) is 40.6 Å². The summed E-state index contributed by atoms with van der Waals surface area (Å²) >= 11 is 10.4. The van der Waals surface area contributed by atoms with Crippen LogP contribution >= 0.6 is 27.5 Å². The molecule has 2 heterocycles. The maximum absolute atomic E-state index is 13.3. The quantitative estimate of drug-likeness (QED) is 0.405. The second-order valence-electron chi connectivity index (χ2n) is 12.6. The fourth-order valence-electron chi connectivity index (χ4n) is 8.30. The number of nitrogens with one attached hydrogen (secondary N) is 1. The third-order valence-corrected chi connectivity index (χ3v) is 11.7. The van der Waals surface area contributed by atoms with E-state index in [1.54, 1.807) is 7.11 Å². The van der Waals surface area contributed by atoms with E-state index in [1.165, 1.54) is 0 Å². The number of ketones is 1. The fourth-order valence-corrected chi connectivity index (χ4v) is 9.11. The van der Waals surface area contributed by atoms with E-state index in [2.05, 4.69) is 47.2 Å². The van der Waals surface area contributed by atoms with Gasteiger partial charge in [0.25, 0.3) is 5.91 Å². The van der Waals surface area contributed by atoms with Crippen LogP contribution in [0.4, 0.5) is 0 Å². The Morgan fingerprint density at radius 1 is 1.19 bits per heavy atom. The van der Waals surface area contributed by atoms with Crippen LogP contribution in [0.3, 0.4) is 0 Å². The summed E-state index contributed by atoms with van der Waals surface area (Å²) in [5.74, 6) is 1.24. The van der Waals surface area contributed by atoms with Crippen LogP contribution in [0.1, 0.15) is 80.9 Å². The van der Waals surface area contributed by atoms with Gasteiger partial charge in [0, 0.05) is 52.3 Å². The molecule has 6 rings (SSSR count). The van der Waals surface area contributed by atoms with Crippen LogP contribution in [0.15, 0.2) is 34.8 Å². The van der Waals surface area contributed by atoms with Gasteiger partial charge in [0.1, 0.15) is 17.0 Å². The van der Waals surface area contributed by atoms with Gasteiger partial charge >= 0.3 is 0 Å². The summed E-state index contributed by atoms with van der Waals surface area (Å²) in [6.07, 6.45) is 9.99. The molecule has 2 fully saturated rings. The average Bonchev–Trinajstić information content (AvgIpc) is 3.20. The molecule has 7 heteroatoms. The van der Waals surface area contributed by atoms with E-state index in [4.69, 9.17) is 21.1 Å². The molecule has 0 radical (unpaired) electrons. The SMILES string of the molecule is COC1([C@@H]2NC(=O)c3ccc4c(c32)O[C@@]23C[C@@H](Cl)C(=O)C(C)(C)[C@@H]2CC[C@H](C)[C@@]3(C)C4)C=CC(Br)=CC1. The molecule has 1 amide bonds. The minimum Gasteiger partial charge on any atom is -0.486 e. The Morgan fingerprint density at radius 2 is 1.95 bits per heavy atom. The zero-order valence-corrected chi connectivity index (χ0v) is 24.5. The van der Waals surface area contributed by atoms with Crippen LogP contribution in [0.2, 0.25) is 0 Å². The van der Waals surface area contributed by atoms with Crippen molar-refractivity contribution in [3.63, 3.8) is 0 Å². The molecule has 2 aliphatic heterocycles. The lowest BCUT2D eigenvalue weighted by atomic mass is 9.44. The summed E-state index contributed by atoms with van der Waals surface area (Å²) in [7, 11) is 1.69. The number of rotatable bonds is 2.